The van der Waals surface area contributed by atoms with Crippen LogP contribution < -0.4 is 23.5 Å². The van der Waals surface area contributed by atoms with E-state index in [0.29, 0.717) is 0 Å². The molecule has 11 heteroatoms. The summed E-state index contributed by atoms with van der Waals surface area (Å²) in [6.07, 6.45) is 5.21. The second-order valence-corrected chi connectivity index (χ2v) is 8.19. The van der Waals surface area contributed by atoms with Gasteiger partial charge in [0, 0.05) is 5.92 Å². The van der Waals surface area contributed by atoms with Crippen LogP contribution in [0.3, 0.4) is 0 Å². The van der Waals surface area contributed by atoms with Gasteiger partial charge in [-0.3, -0.25) is 4.79 Å². The number of amides is 1. The lowest BCUT2D eigenvalue weighted by Crippen LogP contribution is -2.68. The van der Waals surface area contributed by atoms with Crippen LogP contribution in [0.15, 0.2) is 76.5 Å². The fraction of sp³-hybridized carbons (Fsp3) is 0.273. The Balaban J connectivity index is 0.000000555. The van der Waals surface area contributed by atoms with Crippen molar-refractivity contribution in [3.05, 3.63) is 77.4 Å². The molecular weight excluding hydrogens is 450 g/mol. The van der Waals surface area contributed by atoms with Crippen molar-refractivity contribution >= 4 is 17.7 Å². The number of nitrogens with zero attached hydrogens (tertiary/aromatic N) is 4. The second kappa shape index (κ2) is 11.1. The molecule has 1 aliphatic heterocycles. The number of carbonyl (C=O) groups excluding carboxylic acids is 1. The Morgan fingerprint density at radius 1 is 1.12 bits per heavy atom. The lowest BCUT2D eigenvalue weighted by Gasteiger charge is -2.29. The maximum Gasteiger partial charge on any atom is 0.272 e. The fourth-order valence-corrected chi connectivity index (χ4v) is 4.11. The highest BCUT2D eigenvalue weighted by atomic mass is 35.7. The van der Waals surface area contributed by atoms with E-state index in [1.807, 2.05) is 48.5 Å². The Morgan fingerprint density at radius 3 is 2.33 bits per heavy atom. The highest BCUT2D eigenvalue weighted by molar-refractivity contribution is 6.08. The van der Waals surface area contributed by atoms with Crippen LogP contribution in [0.25, 0.3) is 6.08 Å². The quantitative estimate of drug-likeness (QED) is 0.470. The Labute approximate surface area is 192 Å². The first-order chi connectivity index (χ1) is 15.8. The van der Waals surface area contributed by atoms with Crippen LogP contribution >= 0.6 is 0 Å². The van der Waals surface area contributed by atoms with Crippen molar-refractivity contribution in [1.82, 2.24) is 9.92 Å². The minimum Gasteiger partial charge on any atom is -0.270 e. The molecule has 1 fully saturated rings. The molecule has 2 aromatic carbocycles. The average Bonchev–Trinajstić information content (AvgIpc) is 3.18. The predicted octanol–water partition coefficient (Wildman–Crippen LogP) is -0.396. The summed E-state index contributed by atoms with van der Waals surface area (Å²) in [5.41, 5.74) is 11.3. The Morgan fingerprint density at radius 2 is 1.73 bits per heavy atom. The molecule has 2 atom stereocenters. The summed E-state index contributed by atoms with van der Waals surface area (Å²) < 4.78 is 34.0. The molecule has 2 unspecified atom stereocenters. The number of nitrogens with one attached hydrogen (secondary N) is 1. The van der Waals surface area contributed by atoms with Crippen LogP contribution in [0.5, 0.6) is 0 Å². The van der Waals surface area contributed by atoms with Gasteiger partial charge in [0.05, 0.1) is 11.8 Å². The van der Waals surface area contributed by atoms with E-state index < -0.39 is 10.2 Å². The van der Waals surface area contributed by atoms with Crippen molar-refractivity contribution in [1.29, 1.82) is 5.53 Å². The molecule has 1 aliphatic carbocycles. The van der Waals surface area contributed by atoms with Gasteiger partial charge < -0.3 is 0 Å². The van der Waals surface area contributed by atoms with Gasteiger partial charge in [0.2, 0.25) is 11.5 Å². The van der Waals surface area contributed by atoms with E-state index in [-0.39, 0.29) is 24.4 Å². The smallest absolute Gasteiger partial charge is 0.270 e. The number of hydrazone groups is 1. The summed E-state index contributed by atoms with van der Waals surface area (Å²) in [5.74, 6) is -0.0613. The van der Waals surface area contributed by atoms with Crippen LogP contribution in [-0.2, 0) is 4.79 Å². The lowest BCUT2D eigenvalue weighted by molar-refractivity contribution is -2.00. The number of halogens is 1. The number of hydrogen-bond acceptors (Lipinski definition) is 8. The van der Waals surface area contributed by atoms with Crippen LogP contribution in [0.4, 0.5) is 0 Å². The van der Waals surface area contributed by atoms with E-state index in [4.69, 9.17) is 29.3 Å². The number of allylic oxidation sites excluding steroid dienone is 1. The van der Waals surface area contributed by atoms with Crippen LogP contribution in [0.1, 0.15) is 36.4 Å². The number of carbonyl (C=O) groups is 1. The van der Waals surface area contributed by atoms with Crippen molar-refractivity contribution in [3.63, 3.8) is 0 Å². The predicted molar refractivity (Wildman–Crippen MR) is 107 cm³/mol. The minimum absolute atomic E-state index is 0.135. The van der Waals surface area contributed by atoms with Crippen molar-refractivity contribution in [2.45, 2.75) is 25.3 Å². The van der Waals surface area contributed by atoms with Crippen LogP contribution in [0.2, 0.25) is 0 Å². The summed E-state index contributed by atoms with van der Waals surface area (Å²) in [6, 6.07) is 20.1. The summed E-state index contributed by atoms with van der Waals surface area (Å²) in [4.78, 5) is 15.7. The molecule has 1 N–H and O–H groups in total. The molecule has 0 bridgehead atoms. The normalized spacial score (nSPS) is 20.8. The maximum absolute atomic E-state index is 12.8. The van der Waals surface area contributed by atoms with E-state index >= 15 is 0 Å². The first-order valence-corrected chi connectivity index (χ1v) is 11.4. The second-order valence-electron chi connectivity index (χ2n) is 7.44. The third-order valence-electron chi connectivity index (χ3n) is 5.32. The molecule has 1 heterocycles. The first kappa shape index (κ1) is 24.4. The average molecular weight is 472 g/mol. The molecule has 172 valence electrons. The first-order valence-electron chi connectivity index (χ1n) is 10.1. The molecule has 2 aromatic rings. The molecule has 4 rings (SSSR count). The van der Waals surface area contributed by atoms with E-state index in [1.165, 1.54) is 5.57 Å². The van der Waals surface area contributed by atoms with Gasteiger partial charge in [-0.1, -0.05) is 60.7 Å². The fourth-order valence-electron chi connectivity index (χ4n) is 4.11. The molecule has 10 nitrogen and oxygen atoms in total. The standard InChI is InChI=1S/C22H22N5O.ClHO4/c23-26-24-15-20(28)27-22(17-10-5-2-6-11-17)19-13-7-12-18(21(19)25-27)14-16-8-3-1-4-9-16;2-1(3,4)5/h1-6,8-11,14,19,22-23H,7,12-13,15H2;(H,2,3,4,5)/q+1;/p-1. The topological polar surface area (TPSA) is 175 Å². The molecule has 33 heavy (non-hydrogen) atoms. The summed E-state index contributed by atoms with van der Waals surface area (Å²) >= 11 is 0. The largest absolute Gasteiger partial charge is 0.272 e. The Bertz CT molecular complexity index is 1060. The number of benzene rings is 2. The maximum atomic E-state index is 12.8. The molecular formula is C22H22ClN5O5. The van der Waals surface area contributed by atoms with E-state index in [0.717, 1.165) is 36.1 Å². The summed E-state index contributed by atoms with van der Waals surface area (Å²) in [5, 5.41) is 9.90. The zero-order valence-corrected chi connectivity index (χ0v) is 18.3. The van der Waals surface area contributed by atoms with Gasteiger partial charge in [0.25, 0.3) is 5.91 Å². The third-order valence-corrected chi connectivity index (χ3v) is 5.32. The highest BCUT2D eigenvalue weighted by Crippen LogP contribution is 2.44. The van der Waals surface area contributed by atoms with Crippen molar-refractivity contribution < 1.29 is 33.7 Å². The number of hydrogen-bond donors (Lipinski definition) is 1. The van der Waals surface area contributed by atoms with Crippen LogP contribution in [-0.4, -0.2) is 23.2 Å². The van der Waals surface area contributed by atoms with E-state index in [9.17, 15) is 4.79 Å². The SMILES string of the molecule is N=[N+]=NCC(=O)N1N=C2C(=Cc3ccccc3)CCCC2C1c1ccccc1.[O-][Cl+3]([O-])([O-])[O-]. The lowest BCUT2D eigenvalue weighted by atomic mass is 9.77. The zero-order valence-electron chi connectivity index (χ0n) is 17.5. The van der Waals surface area contributed by atoms with Gasteiger partial charge in [0.1, 0.15) is 10.6 Å². The summed E-state index contributed by atoms with van der Waals surface area (Å²) in [7, 11) is -4.94. The minimum atomic E-state index is -4.94. The Hall–Kier alpha value is -3.24. The van der Waals surface area contributed by atoms with Crippen molar-refractivity contribution in [2.24, 2.45) is 16.1 Å². The van der Waals surface area contributed by atoms with Gasteiger partial charge in [-0.15, -0.1) is 10.2 Å². The van der Waals surface area contributed by atoms with Gasteiger partial charge in [-0.25, -0.2) is 23.6 Å². The zero-order chi connectivity index (χ0) is 23.8. The molecule has 1 saturated carbocycles. The molecule has 0 saturated heterocycles. The van der Waals surface area contributed by atoms with E-state index in [2.05, 4.69) is 28.2 Å². The van der Waals surface area contributed by atoms with Gasteiger partial charge in [-0.2, -0.15) is 5.10 Å². The monoisotopic (exact) mass is 471 g/mol. The molecule has 0 spiro atoms. The number of rotatable bonds is 4. The van der Waals surface area contributed by atoms with Gasteiger partial charge >= 0.3 is 0 Å². The van der Waals surface area contributed by atoms with Gasteiger partial charge in [-0.05, 0) is 42.0 Å². The molecule has 0 radical (unpaired) electrons. The van der Waals surface area contributed by atoms with Crippen molar-refractivity contribution in [3.8, 4) is 0 Å². The Kier molecular flexibility index (Phi) is 8.18. The van der Waals surface area contributed by atoms with Gasteiger partial charge in [0.15, 0.2) is 0 Å². The van der Waals surface area contributed by atoms with Crippen molar-refractivity contribution in [2.75, 3.05) is 6.54 Å². The molecule has 2 aliphatic rings. The van der Waals surface area contributed by atoms with Crippen LogP contribution in [0, 0.1) is 21.7 Å². The highest BCUT2D eigenvalue weighted by Gasteiger charge is 2.43. The summed E-state index contributed by atoms with van der Waals surface area (Å²) in [6.45, 7) is -0.159. The third kappa shape index (κ3) is 6.87. The van der Waals surface area contributed by atoms with E-state index in [1.54, 1.807) is 5.01 Å². The molecule has 1 amide bonds. The number of fused-ring (bicyclic) bond motifs is 1. The molecule has 0 aromatic heterocycles.